The zero-order valence-electron chi connectivity index (χ0n) is 16.1. The van der Waals surface area contributed by atoms with E-state index in [0.717, 1.165) is 5.56 Å². The van der Waals surface area contributed by atoms with Crippen molar-refractivity contribution in [1.29, 1.82) is 5.26 Å². The number of nitrogens with zero attached hydrogens (tertiary/aromatic N) is 2. The maximum absolute atomic E-state index is 11.9. The van der Waals surface area contributed by atoms with Crippen molar-refractivity contribution in [3.8, 4) is 11.8 Å². The molecule has 0 saturated heterocycles. The Labute approximate surface area is 176 Å². The number of hydrogen-bond donors (Lipinski definition) is 2. The Bertz CT molecular complexity index is 1130. The van der Waals surface area contributed by atoms with Crippen molar-refractivity contribution in [3.05, 3.63) is 83.8 Å². The molecule has 3 aromatic rings. The number of carbonyl (C=O) groups excluding carboxylic acids is 3. The van der Waals surface area contributed by atoms with E-state index in [4.69, 9.17) is 14.4 Å². The number of anilines is 1. The number of amides is 2. The van der Waals surface area contributed by atoms with Crippen molar-refractivity contribution < 1.29 is 23.5 Å². The molecule has 2 N–H and O–H groups in total. The van der Waals surface area contributed by atoms with Crippen molar-refractivity contribution >= 4 is 29.7 Å². The number of nitrogens with one attached hydrogen (secondary N) is 2. The number of furan rings is 1. The lowest BCUT2D eigenvalue weighted by molar-refractivity contribution is -0.136. The SMILES string of the molecule is N#CCc1ccc(NC(=O)C(=O)N/N=C/c2ccc(OC(=O)c3ccco3)cc2)cc1. The molecule has 0 unspecified atom stereocenters. The van der Waals surface area contributed by atoms with Crippen LogP contribution < -0.4 is 15.5 Å². The molecular formula is C22H16N4O5. The largest absolute Gasteiger partial charge is 0.457 e. The minimum absolute atomic E-state index is 0.0877. The van der Waals surface area contributed by atoms with Crippen LogP contribution in [0.1, 0.15) is 21.7 Å². The molecule has 9 heteroatoms. The predicted molar refractivity (Wildman–Crippen MR) is 110 cm³/mol. The molecule has 0 radical (unpaired) electrons. The second kappa shape index (κ2) is 10.2. The van der Waals surface area contributed by atoms with Gasteiger partial charge in [0.2, 0.25) is 5.76 Å². The fourth-order valence-electron chi connectivity index (χ4n) is 2.38. The van der Waals surface area contributed by atoms with Crippen LogP contribution in [-0.2, 0) is 16.0 Å². The lowest BCUT2D eigenvalue weighted by Gasteiger charge is -2.04. The first-order valence-corrected chi connectivity index (χ1v) is 9.01. The quantitative estimate of drug-likeness (QED) is 0.209. The van der Waals surface area contributed by atoms with Crippen LogP contribution in [0.25, 0.3) is 0 Å². The first-order chi connectivity index (χ1) is 15.0. The Hall–Kier alpha value is -4.71. The third-order valence-electron chi connectivity index (χ3n) is 3.89. The van der Waals surface area contributed by atoms with Gasteiger partial charge in [0.1, 0.15) is 5.75 Å². The normalized spacial score (nSPS) is 10.3. The van der Waals surface area contributed by atoms with Crippen molar-refractivity contribution in [3.63, 3.8) is 0 Å². The number of nitriles is 1. The molecule has 31 heavy (non-hydrogen) atoms. The highest BCUT2D eigenvalue weighted by Gasteiger charge is 2.13. The topological polar surface area (TPSA) is 134 Å². The van der Waals surface area contributed by atoms with Gasteiger partial charge in [0.15, 0.2) is 0 Å². The summed E-state index contributed by atoms with van der Waals surface area (Å²) in [5, 5.41) is 14.8. The van der Waals surface area contributed by atoms with Gasteiger partial charge >= 0.3 is 17.8 Å². The van der Waals surface area contributed by atoms with E-state index in [9.17, 15) is 14.4 Å². The number of rotatable bonds is 6. The van der Waals surface area contributed by atoms with Crippen LogP contribution in [0.3, 0.4) is 0 Å². The molecule has 9 nitrogen and oxygen atoms in total. The molecule has 0 bridgehead atoms. The molecule has 0 saturated carbocycles. The van der Waals surface area contributed by atoms with Crippen LogP contribution >= 0.6 is 0 Å². The van der Waals surface area contributed by atoms with Crippen molar-refractivity contribution in [2.75, 3.05) is 5.32 Å². The zero-order valence-corrected chi connectivity index (χ0v) is 16.1. The summed E-state index contributed by atoms with van der Waals surface area (Å²) in [5.74, 6) is -2.05. The first kappa shape index (κ1) is 21.0. The highest BCUT2D eigenvalue weighted by Crippen LogP contribution is 2.14. The van der Waals surface area contributed by atoms with E-state index < -0.39 is 17.8 Å². The van der Waals surface area contributed by atoms with Gasteiger partial charge in [-0.15, -0.1) is 0 Å². The Kier molecular flexibility index (Phi) is 6.90. The molecule has 3 rings (SSSR count). The highest BCUT2D eigenvalue weighted by molar-refractivity contribution is 6.39. The van der Waals surface area contributed by atoms with Crippen LogP contribution in [0.15, 0.2) is 76.4 Å². The molecule has 0 aliphatic heterocycles. The molecule has 0 aliphatic carbocycles. The Morgan fingerprint density at radius 2 is 1.77 bits per heavy atom. The second-order valence-electron chi connectivity index (χ2n) is 6.12. The fraction of sp³-hybridized carbons (Fsp3) is 0.0455. The van der Waals surface area contributed by atoms with Crippen LogP contribution in [0.2, 0.25) is 0 Å². The van der Waals surface area contributed by atoms with Gasteiger partial charge in [-0.05, 0) is 59.7 Å². The number of hydrogen-bond acceptors (Lipinski definition) is 7. The summed E-state index contributed by atoms with van der Waals surface area (Å²) in [4.78, 5) is 35.6. The number of benzene rings is 2. The summed E-state index contributed by atoms with van der Waals surface area (Å²) >= 11 is 0. The van der Waals surface area contributed by atoms with Gasteiger partial charge in [-0.3, -0.25) is 9.59 Å². The molecular weight excluding hydrogens is 400 g/mol. The van der Waals surface area contributed by atoms with Gasteiger partial charge in [0.25, 0.3) is 0 Å². The third-order valence-corrected chi connectivity index (χ3v) is 3.89. The number of hydrazone groups is 1. The van der Waals surface area contributed by atoms with E-state index in [0.29, 0.717) is 17.0 Å². The van der Waals surface area contributed by atoms with E-state index in [2.05, 4.69) is 15.8 Å². The minimum Gasteiger partial charge on any atom is -0.457 e. The average Bonchev–Trinajstić information content (AvgIpc) is 3.31. The van der Waals surface area contributed by atoms with E-state index in [1.165, 1.54) is 18.5 Å². The van der Waals surface area contributed by atoms with Gasteiger partial charge in [-0.1, -0.05) is 12.1 Å². The molecule has 0 atom stereocenters. The highest BCUT2D eigenvalue weighted by atomic mass is 16.5. The molecule has 154 valence electrons. The van der Waals surface area contributed by atoms with Crippen molar-refractivity contribution in [2.45, 2.75) is 6.42 Å². The van der Waals surface area contributed by atoms with Gasteiger partial charge in [0, 0.05) is 5.69 Å². The zero-order chi connectivity index (χ0) is 22.1. The van der Waals surface area contributed by atoms with E-state index in [1.807, 2.05) is 6.07 Å². The summed E-state index contributed by atoms with van der Waals surface area (Å²) in [7, 11) is 0. The lowest BCUT2D eigenvalue weighted by Crippen LogP contribution is -2.32. The van der Waals surface area contributed by atoms with Gasteiger partial charge < -0.3 is 14.5 Å². The van der Waals surface area contributed by atoms with Crippen molar-refractivity contribution in [1.82, 2.24) is 5.43 Å². The Morgan fingerprint density at radius 1 is 1.03 bits per heavy atom. The van der Waals surface area contributed by atoms with E-state index in [-0.39, 0.29) is 12.2 Å². The predicted octanol–water partition coefficient (Wildman–Crippen LogP) is 2.65. The van der Waals surface area contributed by atoms with Gasteiger partial charge in [-0.2, -0.15) is 10.4 Å². The molecule has 0 fully saturated rings. The second-order valence-corrected chi connectivity index (χ2v) is 6.12. The van der Waals surface area contributed by atoms with E-state index >= 15 is 0 Å². The van der Waals surface area contributed by atoms with E-state index in [1.54, 1.807) is 54.6 Å². The number of esters is 1. The summed E-state index contributed by atoms with van der Waals surface area (Å²) in [5.41, 5.74) is 3.95. The molecule has 1 heterocycles. The van der Waals surface area contributed by atoms with Gasteiger partial charge in [-0.25, -0.2) is 10.2 Å². The Morgan fingerprint density at radius 3 is 2.42 bits per heavy atom. The minimum atomic E-state index is -0.943. The standard InChI is InChI=1S/C22H16N4O5/c23-12-11-15-3-7-17(8-4-15)25-20(27)21(28)26-24-14-16-5-9-18(10-6-16)31-22(29)19-2-1-13-30-19/h1-10,13-14H,11H2,(H,25,27)(H,26,28)/b24-14+. The Balaban J connectivity index is 1.48. The maximum Gasteiger partial charge on any atom is 0.379 e. The van der Waals surface area contributed by atoms with Gasteiger partial charge in [0.05, 0.1) is 25.0 Å². The van der Waals surface area contributed by atoms with Crippen LogP contribution in [-0.4, -0.2) is 24.0 Å². The third kappa shape index (κ3) is 6.13. The summed E-state index contributed by atoms with van der Waals surface area (Å²) in [6.07, 6.45) is 2.97. The molecule has 0 spiro atoms. The summed E-state index contributed by atoms with van der Waals surface area (Å²) in [6.45, 7) is 0. The van der Waals surface area contributed by atoms with Crippen LogP contribution in [0, 0.1) is 11.3 Å². The summed E-state index contributed by atoms with van der Waals surface area (Å²) in [6, 6.07) is 18.0. The molecule has 2 amide bonds. The molecule has 0 aliphatic rings. The average molecular weight is 416 g/mol. The lowest BCUT2D eigenvalue weighted by atomic mass is 10.1. The van der Waals surface area contributed by atoms with Crippen molar-refractivity contribution in [2.24, 2.45) is 5.10 Å². The number of ether oxygens (including phenoxy) is 1. The molecule has 1 aromatic heterocycles. The van der Waals surface area contributed by atoms with Crippen LogP contribution in [0.5, 0.6) is 5.75 Å². The number of carbonyl (C=O) groups is 3. The summed E-state index contributed by atoms with van der Waals surface area (Å²) < 4.78 is 10.1. The fourth-order valence-corrected chi connectivity index (χ4v) is 2.38. The smallest absolute Gasteiger partial charge is 0.379 e. The maximum atomic E-state index is 11.9. The monoisotopic (exact) mass is 416 g/mol. The van der Waals surface area contributed by atoms with Crippen LogP contribution in [0.4, 0.5) is 5.69 Å². The molecule has 2 aromatic carbocycles. The first-order valence-electron chi connectivity index (χ1n) is 9.01.